The number of hydrogen-bond donors (Lipinski definition) is 0. The highest BCUT2D eigenvalue weighted by atomic mass is 15.2. The summed E-state index contributed by atoms with van der Waals surface area (Å²) in [7, 11) is 0. The fraction of sp³-hybridized carbons (Fsp3) is 0.0345. The summed E-state index contributed by atoms with van der Waals surface area (Å²) in [6.07, 6.45) is 0. The lowest BCUT2D eigenvalue weighted by Crippen LogP contribution is -2.60. The zero-order chi connectivity index (χ0) is 44.3. The number of anilines is 6. The van der Waals surface area contributed by atoms with Crippen LogP contribution in [-0.4, -0.2) is 13.4 Å². The Hall–Kier alpha value is -9.07. The van der Waals surface area contributed by atoms with Crippen molar-refractivity contribution in [3.63, 3.8) is 0 Å². The van der Waals surface area contributed by atoms with E-state index in [4.69, 9.17) is 0 Å². The van der Waals surface area contributed by atoms with Gasteiger partial charge in [0.15, 0.2) is 0 Å². The van der Waals surface area contributed by atoms with Gasteiger partial charge in [-0.25, -0.2) is 0 Å². The number of para-hydroxylation sites is 2. The minimum Gasteiger partial charge on any atom is -0.311 e. The van der Waals surface area contributed by atoms with E-state index >= 15 is 0 Å². The van der Waals surface area contributed by atoms with Gasteiger partial charge in [-0.2, -0.15) is 21.0 Å². The number of hydrogen-bond acceptors (Lipinski definition) is 6. The van der Waals surface area contributed by atoms with Crippen molar-refractivity contribution in [1.82, 2.24) is 0 Å². The second-order valence-electron chi connectivity index (χ2n) is 18.1. The summed E-state index contributed by atoms with van der Waals surface area (Å²) in [5.74, 6) is 0. The predicted molar refractivity (Wildman–Crippen MR) is 268 cm³/mol. The first-order chi connectivity index (χ1) is 32.4. The van der Waals surface area contributed by atoms with Crippen molar-refractivity contribution in [2.75, 3.05) is 9.80 Å². The van der Waals surface area contributed by atoms with Crippen molar-refractivity contribution < 1.29 is 0 Å². The Labute approximate surface area is 381 Å². The number of aryl methyl sites for hydroxylation is 2. The molecule has 14 rings (SSSR count). The van der Waals surface area contributed by atoms with E-state index in [2.05, 4.69) is 121 Å². The molecule has 6 nitrogen and oxygen atoms in total. The second-order valence-corrected chi connectivity index (χ2v) is 18.1. The topological polar surface area (TPSA) is 102 Å². The Bertz CT molecular complexity index is 3830. The molecule has 0 amide bonds. The van der Waals surface area contributed by atoms with Gasteiger partial charge >= 0.3 is 0 Å². The molecule has 66 heavy (non-hydrogen) atoms. The number of nitrogens with zero attached hydrogens (tertiary/aromatic N) is 6. The van der Waals surface area contributed by atoms with Crippen molar-refractivity contribution in [3.05, 3.63) is 179 Å². The zero-order valence-corrected chi connectivity index (χ0v) is 35.7. The first-order valence-electron chi connectivity index (χ1n) is 22.1. The number of nitriles is 4. The van der Waals surface area contributed by atoms with Crippen molar-refractivity contribution in [2.45, 2.75) is 13.8 Å². The summed E-state index contributed by atoms with van der Waals surface area (Å²) in [4.78, 5) is 4.47. The first-order valence-corrected chi connectivity index (χ1v) is 22.1. The third-order valence-electron chi connectivity index (χ3n) is 14.9. The lowest BCUT2D eigenvalue weighted by atomic mass is 9.31. The summed E-state index contributed by atoms with van der Waals surface area (Å²) < 4.78 is 0. The molecule has 0 saturated carbocycles. The van der Waals surface area contributed by atoms with Crippen LogP contribution in [0.15, 0.2) is 146 Å². The molecule has 298 valence electrons. The molecule has 10 aromatic rings. The first kappa shape index (κ1) is 36.4. The van der Waals surface area contributed by atoms with E-state index in [0.29, 0.717) is 22.3 Å². The van der Waals surface area contributed by atoms with Crippen LogP contribution in [0.3, 0.4) is 0 Å². The van der Waals surface area contributed by atoms with Crippen LogP contribution in [0.5, 0.6) is 0 Å². The lowest BCUT2D eigenvalue weighted by molar-refractivity contribution is 1.28. The SMILES string of the molecule is Cc1cc2c3c(cc4c(C)cc5c6c(cc1c3c46)B1c3ccc(C#N)cc3N(c3ccccc3)c3cc(C#N)cc-5c31)B1c3ccc(C#N)cc3N(c3ccccc3)c3cc(C#N)cc-2c31. The van der Waals surface area contributed by atoms with Gasteiger partial charge in [0.2, 0.25) is 13.4 Å². The summed E-state index contributed by atoms with van der Waals surface area (Å²) in [5.41, 5.74) is 21.5. The van der Waals surface area contributed by atoms with Gasteiger partial charge in [-0.1, -0.05) is 83.7 Å². The van der Waals surface area contributed by atoms with Crippen LogP contribution < -0.4 is 42.6 Å². The summed E-state index contributed by atoms with van der Waals surface area (Å²) in [6, 6.07) is 60.2. The molecular weight excluding hydrogens is 802 g/mol. The molecule has 0 saturated heterocycles. The number of benzene rings is 10. The van der Waals surface area contributed by atoms with Gasteiger partial charge < -0.3 is 9.80 Å². The quantitative estimate of drug-likeness (QED) is 0.127. The maximum absolute atomic E-state index is 10.7. The molecule has 0 spiro atoms. The van der Waals surface area contributed by atoms with Gasteiger partial charge in [0.05, 0.1) is 46.5 Å². The molecule has 0 fully saturated rings. The van der Waals surface area contributed by atoms with Crippen LogP contribution in [0, 0.1) is 59.2 Å². The van der Waals surface area contributed by atoms with E-state index in [1.165, 1.54) is 43.2 Å². The molecule has 4 aliphatic rings. The molecule has 4 heterocycles. The highest BCUT2D eigenvalue weighted by Gasteiger charge is 2.45. The minimum absolute atomic E-state index is 0.177. The predicted octanol–water partition coefficient (Wildman–Crippen LogP) is 9.25. The van der Waals surface area contributed by atoms with Crippen molar-refractivity contribution in [2.24, 2.45) is 0 Å². The number of fused-ring (bicyclic) bond motifs is 8. The van der Waals surface area contributed by atoms with Gasteiger partial charge in [-0.05, 0) is 174 Å². The Balaban J connectivity index is 1.14. The van der Waals surface area contributed by atoms with E-state index in [1.807, 2.05) is 72.8 Å². The second kappa shape index (κ2) is 12.8. The van der Waals surface area contributed by atoms with Crippen molar-refractivity contribution >= 4 is 113 Å². The standard InChI is InChI=1S/C58H30B2N6/c1-31-17-41-43-19-35(29-63)23-51-57(43)60(46-16-14-34(28-62)22-50(46)65(51)37-9-5-3-6-10-37)48-26-40-32(2)18-42-44-20-36(30-64)24-52-58(44)59(47-25-39(31)55(53(41)48)56(40)54(42)47)45-15-13-33(27-61)21-49(45)66(52)38-11-7-4-8-12-38/h3-26H,1-2H3. The minimum atomic E-state index is -0.177. The third kappa shape index (κ3) is 4.48. The highest BCUT2D eigenvalue weighted by molar-refractivity contribution is 7.02. The smallest absolute Gasteiger partial charge is 0.248 e. The average molecular weight is 833 g/mol. The molecule has 0 atom stereocenters. The lowest BCUT2D eigenvalue weighted by Gasteiger charge is -2.42. The molecule has 8 heteroatoms. The molecule has 0 bridgehead atoms. The molecule has 0 aromatic heterocycles. The van der Waals surface area contributed by atoms with Crippen LogP contribution in [0.25, 0.3) is 54.6 Å². The molecule has 10 aromatic carbocycles. The van der Waals surface area contributed by atoms with E-state index in [-0.39, 0.29) is 13.4 Å². The van der Waals surface area contributed by atoms with Crippen LogP contribution in [0.1, 0.15) is 33.4 Å². The van der Waals surface area contributed by atoms with E-state index in [1.54, 1.807) is 0 Å². The van der Waals surface area contributed by atoms with Gasteiger partial charge in [0.1, 0.15) is 0 Å². The Morgan fingerprint density at radius 1 is 0.364 bits per heavy atom. The molecule has 0 N–H and O–H groups in total. The Morgan fingerprint density at radius 2 is 0.758 bits per heavy atom. The Morgan fingerprint density at radius 3 is 1.15 bits per heavy atom. The zero-order valence-electron chi connectivity index (χ0n) is 35.7. The van der Waals surface area contributed by atoms with Gasteiger partial charge in [-0.15, -0.1) is 0 Å². The maximum Gasteiger partial charge on any atom is 0.248 e. The highest BCUT2D eigenvalue weighted by Crippen LogP contribution is 2.50. The van der Waals surface area contributed by atoms with Crippen LogP contribution in [-0.2, 0) is 0 Å². The summed E-state index contributed by atoms with van der Waals surface area (Å²) in [6.45, 7) is 4.08. The van der Waals surface area contributed by atoms with Gasteiger partial charge in [0, 0.05) is 34.1 Å². The third-order valence-corrected chi connectivity index (χ3v) is 14.9. The fourth-order valence-corrected chi connectivity index (χ4v) is 12.3. The monoisotopic (exact) mass is 832 g/mol. The average Bonchev–Trinajstić information content (AvgIpc) is 3.36. The van der Waals surface area contributed by atoms with Crippen LogP contribution in [0.4, 0.5) is 34.1 Å². The van der Waals surface area contributed by atoms with E-state index in [0.717, 1.165) is 89.4 Å². The van der Waals surface area contributed by atoms with E-state index < -0.39 is 0 Å². The van der Waals surface area contributed by atoms with E-state index in [9.17, 15) is 21.0 Å². The maximum atomic E-state index is 10.7. The summed E-state index contributed by atoms with van der Waals surface area (Å²) in [5, 5.41) is 49.0. The fourth-order valence-electron chi connectivity index (χ4n) is 12.3. The largest absolute Gasteiger partial charge is 0.311 e. The molecule has 0 radical (unpaired) electrons. The molecule has 0 aliphatic carbocycles. The van der Waals surface area contributed by atoms with Crippen molar-refractivity contribution in [1.29, 1.82) is 21.0 Å². The van der Waals surface area contributed by atoms with Gasteiger partial charge in [-0.3, -0.25) is 0 Å². The van der Waals surface area contributed by atoms with Gasteiger partial charge in [0.25, 0.3) is 0 Å². The molecular formula is C58H30B2N6. The van der Waals surface area contributed by atoms with Crippen LogP contribution in [0.2, 0.25) is 0 Å². The van der Waals surface area contributed by atoms with Crippen LogP contribution >= 0.6 is 0 Å². The molecule has 4 aliphatic heterocycles. The molecule has 0 unspecified atom stereocenters. The van der Waals surface area contributed by atoms with Crippen molar-refractivity contribution in [3.8, 4) is 46.5 Å². The normalized spacial score (nSPS) is 13.1. The number of rotatable bonds is 2. The Kier molecular flexibility index (Phi) is 7.05. The summed E-state index contributed by atoms with van der Waals surface area (Å²) >= 11 is 0.